The van der Waals surface area contributed by atoms with Crippen LogP contribution >= 0.6 is 23.2 Å². The van der Waals surface area contributed by atoms with E-state index in [0.717, 1.165) is 11.3 Å². The van der Waals surface area contributed by atoms with Crippen molar-refractivity contribution in [1.82, 2.24) is 4.98 Å². The first-order valence-electron chi connectivity index (χ1n) is 7.79. The van der Waals surface area contributed by atoms with E-state index in [1.54, 1.807) is 23.1 Å². The highest BCUT2D eigenvalue weighted by atomic mass is 35.5. The van der Waals surface area contributed by atoms with E-state index in [9.17, 15) is 4.79 Å². The zero-order valence-corrected chi connectivity index (χ0v) is 15.3. The zero-order chi connectivity index (χ0) is 18.0. The van der Waals surface area contributed by atoms with Crippen LogP contribution < -0.4 is 4.90 Å². The van der Waals surface area contributed by atoms with Crippen molar-refractivity contribution in [2.45, 2.75) is 13.8 Å². The molecule has 6 heteroatoms. The van der Waals surface area contributed by atoms with Gasteiger partial charge in [0.15, 0.2) is 5.69 Å². The van der Waals surface area contributed by atoms with Crippen LogP contribution in [-0.4, -0.2) is 17.4 Å². The maximum atomic E-state index is 12.8. The Labute approximate surface area is 156 Å². The lowest BCUT2D eigenvalue weighted by atomic mass is 10.2. The average molecular weight is 375 g/mol. The Morgan fingerprint density at radius 2 is 1.96 bits per heavy atom. The number of carbonyl (C=O) groups excluding carboxylic acids is 1. The molecule has 3 rings (SSSR count). The van der Waals surface area contributed by atoms with Crippen LogP contribution in [0.1, 0.15) is 23.0 Å². The highest BCUT2D eigenvalue weighted by Gasteiger charge is 2.21. The Morgan fingerprint density at radius 1 is 1.16 bits per heavy atom. The van der Waals surface area contributed by atoms with Gasteiger partial charge in [-0.1, -0.05) is 35.3 Å². The SMILES string of the molecule is CCN(C(=O)c1coc(-c2ccc(Cl)c(Cl)c2)n1)c1cccc(C)c1. The Hall–Kier alpha value is -2.30. The molecule has 0 atom stereocenters. The van der Waals surface area contributed by atoms with Gasteiger partial charge in [-0.2, -0.15) is 0 Å². The molecule has 3 aromatic rings. The van der Waals surface area contributed by atoms with Crippen molar-refractivity contribution >= 4 is 34.8 Å². The first kappa shape index (κ1) is 17.5. The predicted octanol–water partition coefficient (Wildman–Crippen LogP) is 5.62. The smallest absolute Gasteiger partial charge is 0.280 e. The molecule has 0 aliphatic carbocycles. The number of aryl methyl sites for hydroxylation is 1. The molecule has 2 aromatic carbocycles. The van der Waals surface area contributed by atoms with Crippen molar-refractivity contribution < 1.29 is 9.21 Å². The number of halogens is 2. The molecule has 25 heavy (non-hydrogen) atoms. The van der Waals surface area contributed by atoms with Crippen molar-refractivity contribution in [2.75, 3.05) is 11.4 Å². The van der Waals surface area contributed by atoms with Gasteiger partial charge < -0.3 is 9.32 Å². The summed E-state index contributed by atoms with van der Waals surface area (Å²) >= 11 is 11.9. The molecule has 1 aromatic heterocycles. The summed E-state index contributed by atoms with van der Waals surface area (Å²) in [5.74, 6) is 0.102. The highest BCUT2D eigenvalue weighted by molar-refractivity contribution is 6.42. The number of aromatic nitrogens is 1. The summed E-state index contributed by atoms with van der Waals surface area (Å²) in [4.78, 5) is 18.8. The van der Waals surface area contributed by atoms with Gasteiger partial charge in [0.1, 0.15) is 6.26 Å². The zero-order valence-electron chi connectivity index (χ0n) is 13.8. The molecule has 0 radical (unpaired) electrons. The number of benzene rings is 2. The Kier molecular flexibility index (Phi) is 5.11. The summed E-state index contributed by atoms with van der Waals surface area (Å²) < 4.78 is 5.46. The topological polar surface area (TPSA) is 46.3 Å². The molecule has 0 aliphatic rings. The van der Waals surface area contributed by atoms with Crippen LogP contribution in [0.4, 0.5) is 5.69 Å². The van der Waals surface area contributed by atoms with Crippen LogP contribution in [-0.2, 0) is 0 Å². The molecule has 0 spiro atoms. The van der Waals surface area contributed by atoms with Gasteiger partial charge in [0.05, 0.1) is 10.0 Å². The minimum absolute atomic E-state index is 0.219. The number of hydrogen-bond donors (Lipinski definition) is 0. The van der Waals surface area contributed by atoms with E-state index in [1.807, 2.05) is 38.1 Å². The first-order valence-corrected chi connectivity index (χ1v) is 8.54. The standard InChI is InChI=1S/C19H16Cl2N2O2/c1-3-23(14-6-4-5-12(2)9-14)19(24)17-11-25-18(22-17)13-7-8-15(20)16(21)10-13/h4-11H,3H2,1-2H3. The summed E-state index contributed by atoms with van der Waals surface area (Å²) in [6, 6.07) is 12.8. The Bertz CT molecular complexity index is 921. The number of anilines is 1. The monoisotopic (exact) mass is 374 g/mol. The molecule has 0 aliphatic heterocycles. The van der Waals surface area contributed by atoms with Gasteiger partial charge in [0.25, 0.3) is 5.91 Å². The highest BCUT2D eigenvalue weighted by Crippen LogP contribution is 2.28. The summed E-state index contributed by atoms with van der Waals surface area (Å²) in [5.41, 5.74) is 2.81. The molecule has 0 bridgehead atoms. The fourth-order valence-corrected chi connectivity index (χ4v) is 2.81. The summed E-state index contributed by atoms with van der Waals surface area (Å²) in [5, 5.41) is 0.852. The molecular formula is C19H16Cl2N2O2. The fourth-order valence-electron chi connectivity index (χ4n) is 2.51. The maximum absolute atomic E-state index is 12.8. The van der Waals surface area contributed by atoms with Crippen molar-refractivity contribution in [2.24, 2.45) is 0 Å². The van der Waals surface area contributed by atoms with Gasteiger partial charge in [-0.15, -0.1) is 0 Å². The van der Waals surface area contributed by atoms with Gasteiger partial charge in [-0.05, 0) is 49.7 Å². The molecule has 1 heterocycles. The molecule has 0 saturated carbocycles. The number of oxazole rings is 1. The number of carbonyl (C=O) groups is 1. The minimum atomic E-state index is -0.219. The summed E-state index contributed by atoms with van der Waals surface area (Å²) in [7, 11) is 0. The molecular weight excluding hydrogens is 359 g/mol. The van der Waals surface area contributed by atoms with Gasteiger partial charge in [0.2, 0.25) is 5.89 Å². The fraction of sp³-hybridized carbons (Fsp3) is 0.158. The summed E-state index contributed by atoms with van der Waals surface area (Å²) in [6.45, 7) is 4.43. The molecule has 0 unspecified atom stereocenters. The second-order valence-corrected chi connectivity index (χ2v) is 6.37. The van der Waals surface area contributed by atoms with Crippen LogP contribution in [0, 0.1) is 6.92 Å². The quantitative estimate of drug-likeness (QED) is 0.594. The third kappa shape index (κ3) is 3.70. The van der Waals surface area contributed by atoms with Gasteiger partial charge >= 0.3 is 0 Å². The minimum Gasteiger partial charge on any atom is -0.444 e. The summed E-state index contributed by atoms with van der Waals surface area (Å²) in [6.07, 6.45) is 1.36. The lowest BCUT2D eigenvalue weighted by Gasteiger charge is -2.20. The van der Waals surface area contributed by atoms with E-state index >= 15 is 0 Å². The predicted molar refractivity (Wildman–Crippen MR) is 100 cm³/mol. The van der Waals surface area contributed by atoms with E-state index in [0.29, 0.717) is 28.0 Å². The largest absolute Gasteiger partial charge is 0.444 e. The molecule has 4 nitrogen and oxygen atoms in total. The second kappa shape index (κ2) is 7.30. The average Bonchev–Trinajstić information content (AvgIpc) is 3.08. The van der Waals surface area contributed by atoms with Crippen molar-refractivity contribution in [1.29, 1.82) is 0 Å². The van der Waals surface area contributed by atoms with Gasteiger partial charge in [0, 0.05) is 17.8 Å². The Balaban J connectivity index is 1.90. The number of hydrogen-bond acceptors (Lipinski definition) is 3. The lowest BCUT2D eigenvalue weighted by Crippen LogP contribution is -2.30. The van der Waals surface area contributed by atoms with E-state index in [-0.39, 0.29) is 11.6 Å². The first-order chi connectivity index (χ1) is 12.0. The molecule has 0 N–H and O–H groups in total. The third-order valence-electron chi connectivity index (χ3n) is 3.76. The van der Waals surface area contributed by atoms with Crippen LogP contribution in [0.5, 0.6) is 0 Å². The van der Waals surface area contributed by atoms with E-state index in [4.69, 9.17) is 27.6 Å². The molecule has 0 fully saturated rings. The molecule has 0 saturated heterocycles. The van der Waals surface area contributed by atoms with Crippen molar-refractivity contribution in [3.05, 3.63) is 70.0 Å². The number of amides is 1. The van der Waals surface area contributed by atoms with Crippen molar-refractivity contribution in [3.63, 3.8) is 0 Å². The number of nitrogens with zero attached hydrogens (tertiary/aromatic N) is 2. The van der Waals surface area contributed by atoms with Crippen LogP contribution in [0.15, 0.2) is 53.1 Å². The van der Waals surface area contributed by atoms with E-state index in [2.05, 4.69) is 4.98 Å². The van der Waals surface area contributed by atoms with E-state index in [1.165, 1.54) is 6.26 Å². The van der Waals surface area contributed by atoms with Crippen molar-refractivity contribution in [3.8, 4) is 11.5 Å². The Morgan fingerprint density at radius 3 is 2.64 bits per heavy atom. The van der Waals surface area contributed by atoms with Crippen LogP contribution in [0.3, 0.4) is 0 Å². The third-order valence-corrected chi connectivity index (χ3v) is 4.50. The molecule has 1 amide bonds. The van der Waals surface area contributed by atoms with Gasteiger partial charge in [-0.3, -0.25) is 4.79 Å². The number of rotatable bonds is 4. The normalized spacial score (nSPS) is 10.7. The van der Waals surface area contributed by atoms with Gasteiger partial charge in [-0.25, -0.2) is 4.98 Å². The lowest BCUT2D eigenvalue weighted by molar-refractivity contribution is 0.0983. The van der Waals surface area contributed by atoms with E-state index < -0.39 is 0 Å². The van der Waals surface area contributed by atoms with Crippen LogP contribution in [0.2, 0.25) is 10.0 Å². The maximum Gasteiger partial charge on any atom is 0.280 e. The van der Waals surface area contributed by atoms with Crippen LogP contribution in [0.25, 0.3) is 11.5 Å². The second-order valence-electron chi connectivity index (χ2n) is 5.56. The molecule has 128 valence electrons.